The lowest BCUT2D eigenvalue weighted by Gasteiger charge is -2.20. The van der Waals surface area contributed by atoms with Crippen molar-refractivity contribution in [3.05, 3.63) is 39.8 Å². The lowest BCUT2D eigenvalue weighted by Crippen LogP contribution is -2.36. The van der Waals surface area contributed by atoms with Gasteiger partial charge in [0.1, 0.15) is 11.6 Å². The Morgan fingerprint density at radius 3 is 2.45 bits per heavy atom. The first kappa shape index (κ1) is 20.5. The number of aromatic nitrogens is 2. The highest BCUT2D eigenvalue weighted by Crippen LogP contribution is 2.34. The summed E-state index contributed by atoms with van der Waals surface area (Å²) < 4.78 is 42.0. The Labute approximate surface area is 162 Å². The molecule has 0 amide bonds. The van der Waals surface area contributed by atoms with Crippen LogP contribution in [0.15, 0.2) is 23.0 Å². The quantitative estimate of drug-likeness (QED) is 0.446. The Morgan fingerprint density at radius 2 is 1.86 bits per heavy atom. The highest BCUT2D eigenvalue weighted by atomic mass is 19.4. The van der Waals surface area contributed by atoms with Crippen LogP contribution in [0.5, 0.6) is 0 Å². The van der Waals surface area contributed by atoms with E-state index in [1.165, 1.54) is 13.0 Å². The van der Waals surface area contributed by atoms with Crippen molar-refractivity contribution < 1.29 is 27.6 Å². The molecule has 0 aliphatic heterocycles. The number of Topliss-reactive ketones (excluding diaryl/α,β-unsaturated/α-hetero) is 3. The van der Waals surface area contributed by atoms with Gasteiger partial charge in [-0.15, -0.1) is 5.92 Å². The van der Waals surface area contributed by atoms with E-state index < -0.39 is 46.3 Å². The number of carbonyl (C=O) groups is 3. The summed E-state index contributed by atoms with van der Waals surface area (Å²) in [6, 6.07) is 3.29. The predicted octanol–water partition coefficient (Wildman–Crippen LogP) is 2.56. The molecule has 0 bridgehead atoms. The number of hydrogen-bond donors (Lipinski definition) is 0. The zero-order valence-electron chi connectivity index (χ0n) is 15.3. The molecule has 0 radical (unpaired) electrons. The summed E-state index contributed by atoms with van der Waals surface area (Å²) in [4.78, 5) is 52.5. The van der Waals surface area contributed by atoms with Crippen LogP contribution in [-0.2, 0) is 22.3 Å². The van der Waals surface area contributed by atoms with Crippen LogP contribution in [0.2, 0.25) is 0 Å². The second kappa shape index (κ2) is 7.62. The summed E-state index contributed by atoms with van der Waals surface area (Å²) in [5.74, 6) is 0.790. The third-order valence-corrected chi connectivity index (χ3v) is 4.66. The van der Waals surface area contributed by atoms with E-state index in [9.17, 15) is 32.3 Å². The minimum atomic E-state index is -5.03. The van der Waals surface area contributed by atoms with Crippen LogP contribution >= 0.6 is 0 Å². The molecular weight excluding hydrogens is 389 g/mol. The summed E-state index contributed by atoms with van der Waals surface area (Å²) in [6.07, 6.45) is -4.85. The number of pyridine rings is 2. The molecule has 9 heteroatoms. The van der Waals surface area contributed by atoms with Crippen LogP contribution < -0.4 is 5.56 Å². The minimum Gasteiger partial charge on any atom is -0.298 e. The average molecular weight is 404 g/mol. The molecule has 0 unspecified atom stereocenters. The van der Waals surface area contributed by atoms with Crippen LogP contribution in [0, 0.1) is 17.8 Å². The summed E-state index contributed by atoms with van der Waals surface area (Å²) in [5, 5.41) is 0.0922. The summed E-state index contributed by atoms with van der Waals surface area (Å²) in [7, 11) is 0. The van der Waals surface area contributed by atoms with E-state index in [-0.39, 0.29) is 36.8 Å². The first-order valence-corrected chi connectivity index (χ1v) is 8.76. The van der Waals surface area contributed by atoms with Crippen molar-refractivity contribution in [2.45, 2.75) is 38.9 Å². The van der Waals surface area contributed by atoms with Crippen molar-refractivity contribution in [3.8, 4) is 11.8 Å². The Hall–Kier alpha value is -3.28. The van der Waals surface area contributed by atoms with Gasteiger partial charge in [-0.1, -0.05) is 5.92 Å². The first-order valence-electron chi connectivity index (χ1n) is 8.76. The van der Waals surface area contributed by atoms with E-state index >= 15 is 0 Å². The highest BCUT2D eigenvalue weighted by molar-refractivity contribution is 6.25. The summed E-state index contributed by atoms with van der Waals surface area (Å²) in [6.45, 7) is 1.34. The normalized spacial score (nSPS) is 15.3. The van der Waals surface area contributed by atoms with Gasteiger partial charge in [0.2, 0.25) is 0 Å². The number of halogens is 3. The van der Waals surface area contributed by atoms with Crippen molar-refractivity contribution in [1.29, 1.82) is 0 Å². The molecule has 0 aromatic carbocycles. The fraction of sp³-hybridized carbons (Fsp3) is 0.350. The number of rotatable bonds is 3. The molecule has 1 aliphatic rings. The molecule has 0 saturated heterocycles. The summed E-state index contributed by atoms with van der Waals surface area (Å²) >= 11 is 0. The fourth-order valence-corrected chi connectivity index (χ4v) is 3.28. The molecule has 0 N–H and O–H groups in total. The molecule has 1 fully saturated rings. The molecule has 29 heavy (non-hydrogen) atoms. The smallest absolute Gasteiger partial charge is 0.298 e. The molecule has 3 rings (SSSR count). The van der Waals surface area contributed by atoms with Gasteiger partial charge in [0.05, 0.1) is 12.1 Å². The molecule has 6 nitrogen and oxygen atoms in total. The third kappa shape index (κ3) is 3.83. The van der Waals surface area contributed by atoms with Gasteiger partial charge in [-0.3, -0.25) is 23.7 Å². The van der Waals surface area contributed by atoms with E-state index in [1.807, 2.05) is 0 Å². The minimum absolute atomic E-state index is 0.0419. The molecule has 2 aromatic rings. The third-order valence-electron chi connectivity index (χ3n) is 4.66. The molecule has 1 saturated carbocycles. The van der Waals surface area contributed by atoms with Crippen molar-refractivity contribution in [1.82, 2.24) is 9.55 Å². The topological polar surface area (TPSA) is 86.1 Å². The van der Waals surface area contributed by atoms with E-state index in [0.29, 0.717) is 0 Å². The average Bonchev–Trinajstić information content (AvgIpc) is 2.65. The van der Waals surface area contributed by atoms with E-state index in [4.69, 9.17) is 0 Å². The molecule has 0 atom stereocenters. The van der Waals surface area contributed by atoms with Gasteiger partial charge in [0, 0.05) is 24.3 Å². The van der Waals surface area contributed by atoms with E-state index in [0.717, 1.165) is 16.7 Å². The number of fused-ring (bicyclic) bond motifs is 1. The van der Waals surface area contributed by atoms with Crippen molar-refractivity contribution in [2.24, 2.45) is 5.92 Å². The van der Waals surface area contributed by atoms with Gasteiger partial charge in [0.15, 0.2) is 23.0 Å². The monoisotopic (exact) mass is 404 g/mol. The van der Waals surface area contributed by atoms with E-state index in [1.54, 1.807) is 0 Å². The first-order chi connectivity index (χ1) is 13.6. The van der Waals surface area contributed by atoms with Gasteiger partial charge < -0.3 is 0 Å². The molecule has 150 valence electrons. The second-order valence-corrected chi connectivity index (χ2v) is 6.56. The van der Waals surface area contributed by atoms with Crippen molar-refractivity contribution in [2.75, 3.05) is 0 Å². The number of alkyl halides is 3. The molecule has 0 spiro atoms. The number of ketones is 3. The number of nitrogens with zero attached hydrogens (tertiary/aromatic N) is 2. The van der Waals surface area contributed by atoms with Gasteiger partial charge in [-0.25, -0.2) is 4.98 Å². The van der Waals surface area contributed by atoms with Gasteiger partial charge in [-0.2, -0.15) is 13.2 Å². The van der Waals surface area contributed by atoms with Crippen LogP contribution in [-0.4, -0.2) is 26.9 Å². The Morgan fingerprint density at radius 1 is 1.21 bits per heavy atom. The zero-order chi connectivity index (χ0) is 21.3. The molecule has 1 aliphatic carbocycles. The van der Waals surface area contributed by atoms with Crippen LogP contribution in [0.3, 0.4) is 0 Å². The van der Waals surface area contributed by atoms with Crippen molar-refractivity contribution in [3.63, 3.8) is 0 Å². The Balaban J connectivity index is 2.26. The van der Waals surface area contributed by atoms with Crippen molar-refractivity contribution >= 4 is 28.4 Å². The van der Waals surface area contributed by atoms with Crippen LogP contribution in [0.1, 0.15) is 42.2 Å². The Kier molecular flexibility index (Phi) is 5.38. The predicted molar refractivity (Wildman–Crippen MR) is 96.1 cm³/mol. The maximum atomic E-state index is 13.7. The van der Waals surface area contributed by atoms with E-state index in [2.05, 4.69) is 16.8 Å². The molecular formula is C20H15F3N2O4. The second-order valence-electron chi connectivity index (χ2n) is 6.56. The maximum absolute atomic E-state index is 13.7. The number of hydrogen-bond acceptors (Lipinski definition) is 5. The number of carbonyl (C=O) groups excluding carboxylic acids is 3. The Bertz CT molecular complexity index is 1140. The lowest BCUT2D eigenvalue weighted by molar-refractivity contribution is -0.142. The van der Waals surface area contributed by atoms with Crippen LogP contribution in [0.4, 0.5) is 13.2 Å². The molecule has 2 heterocycles. The SMILES string of the molecule is CC#CCn1c(=O)ccc2cc(C(=O)C3C(=O)CCCC3=O)c(C(F)(F)F)nc21. The maximum Gasteiger partial charge on any atom is 0.434 e. The van der Waals surface area contributed by atoms with Crippen LogP contribution in [0.25, 0.3) is 11.0 Å². The molecule has 2 aromatic heterocycles. The largest absolute Gasteiger partial charge is 0.434 e. The summed E-state index contributed by atoms with van der Waals surface area (Å²) in [5.41, 5.74) is -3.28. The van der Waals surface area contributed by atoms with Gasteiger partial charge in [-0.05, 0) is 25.5 Å². The van der Waals surface area contributed by atoms with Gasteiger partial charge in [0.25, 0.3) is 5.56 Å². The highest BCUT2D eigenvalue weighted by Gasteiger charge is 2.43. The zero-order valence-corrected chi connectivity index (χ0v) is 15.3. The lowest BCUT2D eigenvalue weighted by atomic mass is 9.81. The standard InChI is InChI=1S/C20H15F3N2O4/c1-2-3-9-25-15(28)8-7-11-10-12(18(20(21,22)23)24-19(11)25)17(29)16-13(26)5-4-6-14(16)27/h7-8,10,16H,4-6,9H2,1H3. The van der Waals surface area contributed by atoms with Gasteiger partial charge >= 0.3 is 6.18 Å². The fourth-order valence-electron chi connectivity index (χ4n) is 3.28.